The van der Waals surface area contributed by atoms with Gasteiger partial charge in [0.2, 0.25) is 0 Å². The minimum absolute atomic E-state index is 0.171. The lowest BCUT2D eigenvalue weighted by Crippen LogP contribution is -2.49. The van der Waals surface area contributed by atoms with Gasteiger partial charge in [0.15, 0.2) is 0 Å². The molecule has 46 heavy (non-hydrogen) atoms. The van der Waals surface area contributed by atoms with Crippen molar-refractivity contribution in [2.24, 2.45) is 0 Å². The zero-order valence-electron chi connectivity index (χ0n) is 26.0. The summed E-state index contributed by atoms with van der Waals surface area (Å²) < 4.78 is 55.9. The van der Waals surface area contributed by atoms with Gasteiger partial charge < -0.3 is 9.88 Å². The number of nitrogens with one attached hydrogen (secondary N) is 1. The molecule has 14 heteroatoms. The zero-order chi connectivity index (χ0) is 32.4. The van der Waals surface area contributed by atoms with Gasteiger partial charge in [0.25, 0.3) is 0 Å². The van der Waals surface area contributed by atoms with Crippen LogP contribution in [0.4, 0.5) is 23.4 Å². The first kappa shape index (κ1) is 33.0. The van der Waals surface area contributed by atoms with E-state index in [0.29, 0.717) is 21.7 Å². The molecule has 0 amide bonds. The van der Waals surface area contributed by atoms with Gasteiger partial charge in [-0.2, -0.15) is 18.4 Å². The Balaban J connectivity index is 1.07. The van der Waals surface area contributed by atoms with E-state index < -0.39 is 18.6 Å². The number of aromatic nitrogens is 3. The van der Waals surface area contributed by atoms with Crippen molar-refractivity contribution in [1.82, 2.24) is 28.6 Å². The number of aryl methyl sites for hydroxylation is 1. The molecule has 246 valence electrons. The van der Waals surface area contributed by atoms with Crippen LogP contribution in [0.5, 0.6) is 0 Å². The largest absolute Gasteiger partial charge is 0.393 e. The SMILES string of the molecule is Cc1c(CN2CCC(Nc3ncnc4sc(CC(F)(F)F)cc34)CC2)ccc2c1cc(C#N)n2CCN1CCN(SCF)C(C)C1. The monoisotopic (exact) mass is 674 g/mol. The smallest absolute Gasteiger partial charge is 0.367 e. The lowest BCUT2D eigenvalue weighted by atomic mass is 10.0. The Labute approximate surface area is 274 Å². The number of halogens is 4. The Morgan fingerprint density at radius 1 is 1.07 bits per heavy atom. The molecule has 0 saturated carbocycles. The van der Waals surface area contributed by atoms with Crippen molar-refractivity contribution in [3.8, 4) is 6.07 Å². The minimum atomic E-state index is -4.26. The van der Waals surface area contributed by atoms with Gasteiger partial charge in [-0.1, -0.05) is 6.07 Å². The molecule has 6 rings (SSSR count). The van der Waals surface area contributed by atoms with Crippen molar-refractivity contribution >= 4 is 50.2 Å². The van der Waals surface area contributed by atoms with Crippen molar-refractivity contribution in [1.29, 1.82) is 5.26 Å². The van der Waals surface area contributed by atoms with Gasteiger partial charge in [-0.05, 0) is 68.0 Å². The van der Waals surface area contributed by atoms with Crippen LogP contribution in [-0.2, 0) is 19.5 Å². The van der Waals surface area contributed by atoms with Gasteiger partial charge >= 0.3 is 6.18 Å². The van der Waals surface area contributed by atoms with Crippen molar-refractivity contribution < 1.29 is 17.6 Å². The van der Waals surface area contributed by atoms with Crippen molar-refractivity contribution in [2.75, 3.05) is 50.6 Å². The maximum Gasteiger partial charge on any atom is 0.393 e. The molecule has 1 atom stereocenters. The van der Waals surface area contributed by atoms with E-state index in [4.69, 9.17) is 0 Å². The Morgan fingerprint density at radius 3 is 2.59 bits per heavy atom. The third-order valence-electron chi connectivity index (χ3n) is 9.16. The molecule has 0 aliphatic carbocycles. The molecule has 2 aliphatic heterocycles. The highest BCUT2D eigenvalue weighted by Gasteiger charge is 2.29. The second-order valence-electron chi connectivity index (χ2n) is 12.2. The third-order valence-corrected chi connectivity index (χ3v) is 11.2. The summed E-state index contributed by atoms with van der Waals surface area (Å²) in [5.41, 5.74) is 4.16. The lowest BCUT2D eigenvalue weighted by Gasteiger charge is -2.38. The summed E-state index contributed by atoms with van der Waals surface area (Å²) in [5, 5.41) is 15.2. The number of piperidine rings is 1. The first-order valence-corrected chi connectivity index (χ1v) is 17.4. The highest BCUT2D eigenvalue weighted by Crippen LogP contribution is 2.33. The number of nitrogens with zero attached hydrogens (tertiary/aromatic N) is 7. The Bertz CT molecular complexity index is 1710. The second-order valence-corrected chi connectivity index (χ2v) is 14.3. The molecule has 4 aromatic rings. The van der Waals surface area contributed by atoms with Crippen molar-refractivity contribution in [2.45, 2.75) is 64.5 Å². The van der Waals surface area contributed by atoms with Crippen LogP contribution in [0.1, 0.15) is 41.5 Å². The average Bonchev–Trinajstić information content (AvgIpc) is 3.60. The number of alkyl halides is 4. The molecule has 8 nitrogen and oxygen atoms in total. The van der Waals surface area contributed by atoms with Crippen LogP contribution in [0, 0.1) is 18.3 Å². The van der Waals surface area contributed by atoms with Crippen molar-refractivity contribution in [3.63, 3.8) is 0 Å². The summed E-state index contributed by atoms with van der Waals surface area (Å²) >= 11 is 2.32. The number of benzene rings is 1. The first-order valence-electron chi connectivity index (χ1n) is 15.6. The number of nitriles is 1. The van der Waals surface area contributed by atoms with Gasteiger partial charge in [0.1, 0.15) is 34.7 Å². The standard InChI is InChI=1S/C32H38F4N8S2/c1-21-17-42(10-12-44(21)45-19-33)9-11-43-25(16-37)13-27-22(2)23(3-4-29(27)43)18-41-7-5-24(6-8-41)40-30-28-14-26(15-32(34,35)36)46-31(28)39-20-38-30/h3-4,13-14,20-21,24H,5-12,15,17-19H2,1-2H3,(H,38,39,40). The van der Waals surface area contributed by atoms with Gasteiger partial charge in [0.05, 0.1) is 11.8 Å². The van der Waals surface area contributed by atoms with Gasteiger partial charge in [-0.3, -0.25) is 9.80 Å². The average molecular weight is 675 g/mol. The number of rotatable bonds is 10. The fourth-order valence-corrected chi connectivity index (χ4v) is 8.40. The van der Waals surface area contributed by atoms with E-state index in [9.17, 15) is 22.8 Å². The van der Waals surface area contributed by atoms with E-state index in [2.05, 4.69) is 66.0 Å². The number of fused-ring (bicyclic) bond motifs is 2. The molecule has 1 unspecified atom stereocenters. The second kappa shape index (κ2) is 14.0. The first-order chi connectivity index (χ1) is 22.1. The summed E-state index contributed by atoms with van der Waals surface area (Å²) in [5.74, 6) is 0.597. The molecule has 5 heterocycles. The quantitative estimate of drug-likeness (QED) is 0.149. The molecular weight excluding hydrogens is 637 g/mol. The highest BCUT2D eigenvalue weighted by molar-refractivity contribution is 7.96. The summed E-state index contributed by atoms with van der Waals surface area (Å²) in [6.07, 6.45) is -2.03. The Hall–Kier alpha value is -2.96. The van der Waals surface area contributed by atoms with Crippen LogP contribution >= 0.6 is 23.3 Å². The predicted molar refractivity (Wildman–Crippen MR) is 177 cm³/mol. The van der Waals surface area contributed by atoms with Crippen LogP contribution in [0.2, 0.25) is 0 Å². The molecular formula is C32H38F4N8S2. The zero-order valence-corrected chi connectivity index (χ0v) is 27.6. The van der Waals surface area contributed by atoms with Crippen LogP contribution in [0.25, 0.3) is 21.1 Å². The van der Waals surface area contributed by atoms with Crippen LogP contribution in [0.15, 0.2) is 30.6 Å². The Morgan fingerprint density at radius 2 is 1.87 bits per heavy atom. The lowest BCUT2D eigenvalue weighted by molar-refractivity contribution is -0.126. The molecule has 2 aliphatic rings. The number of piperazine rings is 1. The maximum atomic E-state index is 12.9. The van der Waals surface area contributed by atoms with Crippen molar-refractivity contribution in [3.05, 3.63) is 52.3 Å². The topological polar surface area (TPSA) is 76.2 Å². The molecule has 1 aromatic carbocycles. The van der Waals surface area contributed by atoms with E-state index >= 15 is 0 Å². The minimum Gasteiger partial charge on any atom is -0.367 e. The number of hydrogen-bond acceptors (Lipinski definition) is 9. The summed E-state index contributed by atoms with van der Waals surface area (Å²) in [6.45, 7) is 11.0. The van der Waals surface area contributed by atoms with Crippen LogP contribution in [-0.4, -0.2) is 92.2 Å². The van der Waals surface area contributed by atoms with Gasteiger partial charge in [-0.25, -0.2) is 18.7 Å². The molecule has 3 aromatic heterocycles. The molecule has 2 fully saturated rings. The van der Waals surface area contributed by atoms with Gasteiger partial charge in [0, 0.05) is 80.2 Å². The maximum absolute atomic E-state index is 12.9. The predicted octanol–water partition coefficient (Wildman–Crippen LogP) is 6.59. The summed E-state index contributed by atoms with van der Waals surface area (Å²) in [4.78, 5) is 14.2. The third kappa shape index (κ3) is 7.44. The number of anilines is 1. The van der Waals surface area contributed by atoms with E-state index in [1.807, 2.05) is 6.07 Å². The Kier molecular flexibility index (Phi) is 10.1. The number of likely N-dealkylation sites (tertiary alicyclic amines) is 1. The fraction of sp³-hybridized carbons (Fsp3) is 0.531. The van der Waals surface area contributed by atoms with Crippen LogP contribution in [0.3, 0.4) is 0 Å². The summed E-state index contributed by atoms with van der Waals surface area (Å²) in [6, 6.07) is 10.3. The van der Waals surface area contributed by atoms with Gasteiger partial charge in [-0.15, -0.1) is 11.3 Å². The highest BCUT2D eigenvalue weighted by atomic mass is 32.2. The number of hydrogen-bond donors (Lipinski definition) is 1. The normalized spacial score (nSPS) is 19.3. The molecule has 0 spiro atoms. The fourth-order valence-electron chi connectivity index (χ4n) is 6.72. The molecule has 0 radical (unpaired) electrons. The number of thiophene rings is 1. The molecule has 1 N–H and O–H groups in total. The molecule has 0 bridgehead atoms. The summed E-state index contributed by atoms with van der Waals surface area (Å²) in [7, 11) is 0. The van der Waals surface area contributed by atoms with E-state index in [0.717, 1.165) is 87.4 Å². The van der Waals surface area contributed by atoms with E-state index in [1.54, 1.807) is 6.07 Å². The van der Waals surface area contributed by atoms with E-state index in [-0.39, 0.29) is 17.0 Å². The van der Waals surface area contributed by atoms with Crippen LogP contribution < -0.4 is 5.32 Å². The van der Waals surface area contributed by atoms with E-state index in [1.165, 1.54) is 29.4 Å². The molecule has 2 saturated heterocycles.